The molecule has 3 heterocycles. The van der Waals surface area contributed by atoms with Gasteiger partial charge < -0.3 is 20.8 Å². The molecule has 0 atom stereocenters. The number of carbonyl (C=O) groups is 2. The van der Waals surface area contributed by atoms with Crippen LogP contribution in [-0.4, -0.2) is 52.5 Å². The number of amides is 1. The molecule has 1 saturated heterocycles. The highest BCUT2D eigenvalue weighted by molar-refractivity contribution is 5.94. The third-order valence-electron chi connectivity index (χ3n) is 6.45. The molecule has 1 amide bonds. The molecule has 164 valence electrons. The number of hydrogen-bond acceptors (Lipinski definition) is 8. The number of carbonyl (C=O) groups excluding carboxylic acids is 2. The number of nitrogens with zero attached hydrogens (tertiary/aromatic N) is 6. The van der Waals surface area contributed by atoms with E-state index in [2.05, 4.69) is 30.8 Å². The van der Waals surface area contributed by atoms with E-state index < -0.39 is 0 Å². The van der Waals surface area contributed by atoms with Crippen LogP contribution in [0, 0.1) is 5.41 Å². The lowest BCUT2D eigenvalue weighted by molar-refractivity contribution is -0.138. The summed E-state index contributed by atoms with van der Waals surface area (Å²) in [6, 6.07) is 3.94. The van der Waals surface area contributed by atoms with Crippen LogP contribution in [0.25, 0.3) is 0 Å². The summed E-state index contributed by atoms with van der Waals surface area (Å²) in [4.78, 5) is 30.6. The van der Waals surface area contributed by atoms with Crippen LogP contribution in [0.3, 0.4) is 0 Å². The van der Waals surface area contributed by atoms with Gasteiger partial charge in [-0.1, -0.05) is 5.22 Å². The van der Waals surface area contributed by atoms with E-state index in [1.54, 1.807) is 17.9 Å². The van der Waals surface area contributed by atoms with Gasteiger partial charge in [0.2, 0.25) is 5.91 Å². The van der Waals surface area contributed by atoms with Crippen molar-refractivity contribution in [3.05, 3.63) is 29.1 Å². The molecule has 1 spiro atoms. The molecule has 31 heavy (non-hydrogen) atoms. The Morgan fingerprint density at radius 1 is 1.29 bits per heavy atom. The minimum Gasteiger partial charge on any atom is -0.456 e. The SMILES string of the molecule is CC1=C(N2CCC3(CCC(NCc4ccc(N=CN=NN)nn4)CC3)C2=O)COC1=O. The average Bonchev–Trinajstić information content (AvgIpc) is 3.28. The predicted molar refractivity (Wildman–Crippen MR) is 111 cm³/mol. The fourth-order valence-electron chi connectivity index (χ4n) is 4.54. The molecule has 0 unspecified atom stereocenters. The number of nitrogens with one attached hydrogen (secondary N) is 1. The molecule has 3 aliphatic rings. The second kappa shape index (κ2) is 8.88. The lowest BCUT2D eigenvalue weighted by atomic mass is 9.71. The number of cyclic esters (lactones) is 1. The molecule has 4 rings (SSSR count). The number of rotatable bonds is 6. The fourth-order valence-corrected chi connectivity index (χ4v) is 4.54. The summed E-state index contributed by atoms with van der Waals surface area (Å²) in [5.41, 5.74) is 1.81. The first kappa shape index (κ1) is 21.0. The van der Waals surface area contributed by atoms with Gasteiger partial charge in [-0.15, -0.1) is 10.2 Å². The van der Waals surface area contributed by atoms with Crippen molar-refractivity contribution in [3.63, 3.8) is 0 Å². The number of likely N-dealkylation sites (tertiary alicyclic amines) is 1. The molecule has 11 heteroatoms. The smallest absolute Gasteiger partial charge is 0.336 e. The van der Waals surface area contributed by atoms with Crippen molar-refractivity contribution in [3.8, 4) is 0 Å². The van der Waals surface area contributed by atoms with Gasteiger partial charge in [0.1, 0.15) is 12.9 Å². The van der Waals surface area contributed by atoms with Gasteiger partial charge >= 0.3 is 5.97 Å². The maximum absolute atomic E-state index is 13.2. The van der Waals surface area contributed by atoms with Crippen molar-refractivity contribution in [1.82, 2.24) is 20.4 Å². The van der Waals surface area contributed by atoms with E-state index in [-0.39, 0.29) is 23.9 Å². The number of aliphatic imine (C=N–C) groups is 1. The van der Waals surface area contributed by atoms with Crippen molar-refractivity contribution in [1.29, 1.82) is 0 Å². The van der Waals surface area contributed by atoms with E-state index in [0.29, 0.717) is 30.5 Å². The quantitative estimate of drug-likeness (QED) is 0.175. The maximum atomic E-state index is 13.2. The molecule has 1 saturated carbocycles. The van der Waals surface area contributed by atoms with E-state index >= 15 is 0 Å². The standard InChI is InChI=1S/C20H26N8O3/c1-13-16(11-31-18(13)29)28-9-8-20(19(28)30)6-4-14(5-7-20)22-10-15-2-3-17(26-25-15)23-12-24-27-21/h2-3,12,14,22H,4-11H2,1H3,(H2,21,23,24,26). The molecule has 11 nitrogen and oxygen atoms in total. The van der Waals surface area contributed by atoms with E-state index in [4.69, 9.17) is 10.6 Å². The summed E-state index contributed by atoms with van der Waals surface area (Å²) in [5, 5.41) is 18.2. The Balaban J connectivity index is 1.28. The number of ether oxygens (including phenoxy) is 1. The van der Waals surface area contributed by atoms with Gasteiger partial charge in [-0.3, -0.25) is 4.79 Å². The van der Waals surface area contributed by atoms with Crippen molar-refractivity contribution in [2.24, 2.45) is 26.6 Å². The first-order valence-corrected chi connectivity index (χ1v) is 10.4. The Hall–Kier alpha value is -3.21. The van der Waals surface area contributed by atoms with Crippen molar-refractivity contribution >= 4 is 24.0 Å². The highest BCUT2D eigenvalue weighted by atomic mass is 16.5. The Labute approximate surface area is 179 Å². The third-order valence-corrected chi connectivity index (χ3v) is 6.45. The van der Waals surface area contributed by atoms with Crippen LogP contribution >= 0.6 is 0 Å². The molecule has 2 fully saturated rings. The largest absolute Gasteiger partial charge is 0.456 e. The second-order valence-electron chi connectivity index (χ2n) is 8.15. The normalized spacial score (nSPS) is 26.7. The van der Waals surface area contributed by atoms with Crippen LogP contribution in [0.4, 0.5) is 5.82 Å². The fraction of sp³-hybridized carbons (Fsp3) is 0.550. The van der Waals surface area contributed by atoms with E-state index in [1.165, 1.54) is 6.34 Å². The number of aromatic nitrogens is 2. The summed E-state index contributed by atoms with van der Waals surface area (Å²) in [6.45, 7) is 3.20. The zero-order chi connectivity index (χ0) is 21.8. The van der Waals surface area contributed by atoms with Crippen LogP contribution in [0.5, 0.6) is 0 Å². The molecule has 1 aliphatic carbocycles. The van der Waals surface area contributed by atoms with Gasteiger partial charge in [0, 0.05) is 19.1 Å². The first-order valence-electron chi connectivity index (χ1n) is 10.4. The topological polar surface area (TPSA) is 148 Å². The maximum Gasteiger partial charge on any atom is 0.336 e. The Kier molecular flexibility index (Phi) is 6.03. The molecule has 2 aliphatic heterocycles. The highest BCUT2D eigenvalue weighted by Gasteiger charge is 2.50. The van der Waals surface area contributed by atoms with Crippen LogP contribution < -0.4 is 11.2 Å². The summed E-state index contributed by atoms with van der Waals surface area (Å²) >= 11 is 0. The lowest BCUT2D eigenvalue weighted by Gasteiger charge is -2.36. The lowest BCUT2D eigenvalue weighted by Crippen LogP contribution is -2.42. The Morgan fingerprint density at radius 3 is 2.74 bits per heavy atom. The molecule has 0 bridgehead atoms. The summed E-state index contributed by atoms with van der Waals surface area (Å²) in [5.74, 6) is 5.16. The monoisotopic (exact) mass is 426 g/mol. The molecule has 1 aromatic rings. The molecule has 1 aromatic heterocycles. The van der Waals surface area contributed by atoms with Gasteiger partial charge in [-0.25, -0.2) is 9.79 Å². The summed E-state index contributed by atoms with van der Waals surface area (Å²) < 4.78 is 5.09. The number of hydrogen-bond donors (Lipinski definition) is 2. The first-order chi connectivity index (χ1) is 15.0. The van der Waals surface area contributed by atoms with Gasteiger partial charge in [-0.05, 0) is 51.2 Å². The molecular formula is C20H26N8O3. The van der Waals surface area contributed by atoms with Gasteiger partial charge in [0.15, 0.2) is 5.82 Å². The average molecular weight is 426 g/mol. The van der Waals surface area contributed by atoms with Gasteiger partial charge in [0.25, 0.3) is 0 Å². The number of nitrogens with two attached hydrogens (primary N) is 1. The second-order valence-corrected chi connectivity index (χ2v) is 8.15. The van der Waals surface area contributed by atoms with Crippen molar-refractivity contribution < 1.29 is 14.3 Å². The minimum absolute atomic E-state index is 0.148. The van der Waals surface area contributed by atoms with Crippen LogP contribution in [-0.2, 0) is 20.9 Å². The molecular weight excluding hydrogens is 400 g/mol. The van der Waals surface area contributed by atoms with Crippen LogP contribution in [0.2, 0.25) is 0 Å². The van der Waals surface area contributed by atoms with E-state index in [1.807, 2.05) is 6.07 Å². The van der Waals surface area contributed by atoms with E-state index in [0.717, 1.165) is 43.5 Å². The van der Waals surface area contributed by atoms with Crippen molar-refractivity contribution in [2.45, 2.75) is 51.6 Å². The predicted octanol–water partition coefficient (Wildman–Crippen LogP) is 1.54. The zero-order valence-electron chi connectivity index (χ0n) is 17.5. The third kappa shape index (κ3) is 4.31. The van der Waals surface area contributed by atoms with Crippen LogP contribution in [0.1, 0.15) is 44.7 Å². The number of esters is 1. The summed E-state index contributed by atoms with van der Waals surface area (Å²) in [6.07, 6.45) is 5.58. The minimum atomic E-state index is -0.319. The van der Waals surface area contributed by atoms with Gasteiger partial charge in [-0.2, -0.15) is 5.10 Å². The summed E-state index contributed by atoms with van der Waals surface area (Å²) in [7, 11) is 0. The Morgan fingerprint density at radius 2 is 2.10 bits per heavy atom. The Bertz CT molecular complexity index is 932. The van der Waals surface area contributed by atoms with Gasteiger partial charge in [0.05, 0.1) is 22.4 Å². The zero-order valence-corrected chi connectivity index (χ0v) is 17.5. The van der Waals surface area contributed by atoms with Crippen LogP contribution in [0.15, 0.2) is 38.7 Å². The van der Waals surface area contributed by atoms with Crippen molar-refractivity contribution in [2.75, 3.05) is 13.2 Å². The molecule has 0 aromatic carbocycles. The molecule has 0 radical (unpaired) electrons. The molecule has 3 N–H and O–H groups in total. The highest BCUT2D eigenvalue weighted by Crippen LogP contribution is 2.46. The van der Waals surface area contributed by atoms with E-state index in [9.17, 15) is 9.59 Å².